The van der Waals surface area contributed by atoms with Crippen molar-refractivity contribution in [3.8, 4) is 11.5 Å². The first kappa shape index (κ1) is 24.3. The zero-order valence-electron chi connectivity index (χ0n) is 21.9. The topological polar surface area (TPSA) is 62.3 Å². The summed E-state index contributed by atoms with van der Waals surface area (Å²) in [6.07, 6.45) is 7.41. The molecule has 1 spiro atoms. The van der Waals surface area contributed by atoms with Gasteiger partial charge in [-0.3, -0.25) is 14.6 Å². The van der Waals surface area contributed by atoms with Crippen LogP contribution in [0, 0.1) is 0 Å². The lowest BCUT2D eigenvalue weighted by atomic mass is 9.76. The van der Waals surface area contributed by atoms with Gasteiger partial charge in [0.25, 0.3) is 5.91 Å². The lowest BCUT2D eigenvalue weighted by Crippen LogP contribution is -2.58. The minimum Gasteiger partial charge on any atom is -0.493 e. The van der Waals surface area contributed by atoms with Crippen LogP contribution in [0.15, 0.2) is 42.5 Å². The molecule has 0 unspecified atom stereocenters. The predicted molar refractivity (Wildman–Crippen MR) is 141 cm³/mol. The molecule has 3 amide bonds. The van der Waals surface area contributed by atoms with Gasteiger partial charge in [0.15, 0.2) is 11.5 Å². The van der Waals surface area contributed by atoms with Crippen LogP contribution >= 0.6 is 0 Å². The van der Waals surface area contributed by atoms with Crippen molar-refractivity contribution in [2.45, 2.75) is 75.5 Å². The van der Waals surface area contributed by atoms with Gasteiger partial charge in [0.2, 0.25) is 0 Å². The fourth-order valence-corrected chi connectivity index (χ4v) is 7.16. The second kappa shape index (κ2) is 9.67. The van der Waals surface area contributed by atoms with E-state index in [1.807, 2.05) is 23.1 Å². The van der Waals surface area contributed by atoms with E-state index in [2.05, 4.69) is 29.2 Å². The van der Waals surface area contributed by atoms with Gasteiger partial charge < -0.3 is 14.4 Å². The van der Waals surface area contributed by atoms with Crippen LogP contribution in [0.4, 0.5) is 4.79 Å². The Morgan fingerprint density at radius 1 is 0.946 bits per heavy atom. The Morgan fingerprint density at radius 3 is 2.41 bits per heavy atom. The van der Waals surface area contributed by atoms with Crippen molar-refractivity contribution in [3.05, 3.63) is 59.2 Å². The largest absolute Gasteiger partial charge is 0.493 e. The fourth-order valence-electron chi connectivity index (χ4n) is 7.16. The summed E-state index contributed by atoms with van der Waals surface area (Å²) in [6, 6.07) is 14.3. The molecular weight excluding hydrogens is 466 g/mol. The first-order chi connectivity index (χ1) is 18.1. The van der Waals surface area contributed by atoms with Gasteiger partial charge >= 0.3 is 6.03 Å². The number of benzene rings is 2. The van der Waals surface area contributed by atoms with Crippen LogP contribution in [-0.2, 0) is 17.8 Å². The third-order valence-electron chi connectivity index (χ3n) is 9.15. The molecule has 7 heteroatoms. The Hall–Kier alpha value is -3.06. The smallest absolute Gasteiger partial charge is 0.328 e. The number of hydrogen-bond donors (Lipinski definition) is 0. The van der Waals surface area contributed by atoms with Crippen LogP contribution in [0.2, 0.25) is 0 Å². The number of ether oxygens (including phenoxy) is 2. The number of rotatable bonds is 5. The molecule has 37 heavy (non-hydrogen) atoms. The highest BCUT2D eigenvalue weighted by Crippen LogP contribution is 2.49. The Kier molecular flexibility index (Phi) is 6.35. The average molecular weight is 504 g/mol. The molecule has 3 fully saturated rings. The molecule has 4 aliphatic rings. The highest BCUT2D eigenvalue weighted by Gasteiger charge is 2.61. The van der Waals surface area contributed by atoms with Crippen LogP contribution in [0.3, 0.4) is 0 Å². The lowest BCUT2D eigenvalue weighted by Gasteiger charge is -2.49. The molecule has 0 aromatic heterocycles. The molecule has 3 aliphatic heterocycles. The minimum atomic E-state index is -0.826. The third-order valence-corrected chi connectivity index (χ3v) is 9.15. The summed E-state index contributed by atoms with van der Waals surface area (Å²) >= 11 is 0. The van der Waals surface area contributed by atoms with Crippen LogP contribution < -0.4 is 9.47 Å². The summed E-state index contributed by atoms with van der Waals surface area (Å²) in [5, 5.41) is 0. The molecule has 196 valence electrons. The van der Waals surface area contributed by atoms with Gasteiger partial charge in [0.05, 0.1) is 14.2 Å². The molecule has 1 saturated carbocycles. The molecule has 0 bridgehead atoms. The molecule has 6 rings (SSSR count). The summed E-state index contributed by atoms with van der Waals surface area (Å²) in [6.45, 7) is 2.19. The summed E-state index contributed by atoms with van der Waals surface area (Å²) in [5.74, 6) is 1.47. The van der Waals surface area contributed by atoms with Crippen molar-refractivity contribution < 1.29 is 19.1 Å². The number of nitrogens with zero attached hydrogens (tertiary/aromatic N) is 3. The molecule has 2 aromatic carbocycles. The molecule has 2 saturated heterocycles. The van der Waals surface area contributed by atoms with E-state index < -0.39 is 5.54 Å². The van der Waals surface area contributed by atoms with E-state index in [1.54, 1.807) is 19.1 Å². The van der Waals surface area contributed by atoms with Gasteiger partial charge in [-0.15, -0.1) is 0 Å². The van der Waals surface area contributed by atoms with E-state index >= 15 is 0 Å². The van der Waals surface area contributed by atoms with E-state index in [0.29, 0.717) is 25.1 Å². The Bertz CT molecular complexity index is 1180. The highest BCUT2D eigenvalue weighted by atomic mass is 16.5. The maximum absolute atomic E-state index is 14.4. The van der Waals surface area contributed by atoms with E-state index in [4.69, 9.17) is 9.47 Å². The van der Waals surface area contributed by atoms with E-state index in [0.717, 1.165) is 56.5 Å². The number of methoxy groups -OCH3 is 2. The lowest BCUT2D eigenvalue weighted by molar-refractivity contribution is -0.139. The van der Waals surface area contributed by atoms with Gasteiger partial charge in [0.1, 0.15) is 5.54 Å². The van der Waals surface area contributed by atoms with Crippen LogP contribution in [0.5, 0.6) is 11.5 Å². The van der Waals surface area contributed by atoms with Gasteiger partial charge in [-0.25, -0.2) is 4.79 Å². The molecule has 2 atom stereocenters. The second-order valence-electron chi connectivity index (χ2n) is 11.0. The third kappa shape index (κ3) is 3.99. The van der Waals surface area contributed by atoms with Gasteiger partial charge in [-0.2, -0.15) is 0 Å². The molecule has 7 nitrogen and oxygen atoms in total. The maximum atomic E-state index is 14.4. The van der Waals surface area contributed by atoms with Crippen LogP contribution in [0.25, 0.3) is 0 Å². The molecule has 2 aromatic rings. The van der Waals surface area contributed by atoms with Gasteiger partial charge in [-0.05, 0) is 60.9 Å². The molecular formula is C30H37N3O4. The van der Waals surface area contributed by atoms with Gasteiger partial charge in [-0.1, -0.05) is 49.6 Å². The SMILES string of the molecule is COc1cc2c(cc1OC)[C@H]1C[C@@]3(CCN1CC2)C(=O)N(C1CCCCC1)C(=O)N3Cc1ccccc1. The van der Waals surface area contributed by atoms with Crippen LogP contribution in [-0.4, -0.2) is 65.5 Å². The number of piperidine rings is 1. The number of carbonyl (C=O) groups is 2. The number of amides is 3. The van der Waals surface area contributed by atoms with Crippen molar-refractivity contribution in [1.29, 1.82) is 0 Å². The zero-order valence-corrected chi connectivity index (χ0v) is 21.9. The van der Waals surface area contributed by atoms with Crippen molar-refractivity contribution >= 4 is 11.9 Å². The molecule has 1 aliphatic carbocycles. The van der Waals surface area contributed by atoms with Crippen molar-refractivity contribution in [2.75, 3.05) is 27.3 Å². The normalized spacial score (nSPS) is 26.4. The number of imide groups is 1. The van der Waals surface area contributed by atoms with E-state index in [9.17, 15) is 9.59 Å². The number of urea groups is 1. The summed E-state index contributed by atoms with van der Waals surface area (Å²) in [5.41, 5.74) is 2.67. The van der Waals surface area contributed by atoms with Crippen molar-refractivity contribution in [3.63, 3.8) is 0 Å². The number of carbonyl (C=O) groups excluding carboxylic acids is 2. The Labute approximate surface area is 219 Å². The number of hydrogen-bond acceptors (Lipinski definition) is 5. The quantitative estimate of drug-likeness (QED) is 0.542. The summed E-state index contributed by atoms with van der Waals surface area (Å²) < 4.78 is 11.2. The first-order valence-corrected chi connectivity index (χ1v) is 13.7. The highest BCUT2D eigenvalue weighted by molar-refractivity contribution is 6.07. The predicted octanol–water partition coefficient (Wildman–Crippen LogP) is 4.93. The van der Waals surface area contributed by atoms with Crippen molar-refractivity contribution in [2.24, 2.45) is 0 Å². The van der Waals surface area contributed by atoms with E-state index in [-0.39, 0.29) is 24.0 Å². The maximum Gasteiger partial charge on any atom is 0.328 e. The zero-order chi connectivity index (χ0) is 25.6. The summed E-state index contributed by atoms with van der Waals surface area (Å²) in [4.78, 5) is 34.5. The average Bonchev–Trinajstić information content (AvgIpc) is 3.14. The molecule has 3 heterocycles. The number of fused-ring (bicyclic) bond motifs is 3. The summed E-state index contributed by atoms with van der Waals surface area (Å²) in [7, 11) is 3.33. The minimum absolute atomic E-state index is 0.0208. The Balaban J connectivity index is 1.40. The Morgan fingerprint density at radius 2 is 1.68 bits per heavy atom. The van der Waals surface area contributed by atoms with Crippen LogP contribution in [0.1, 0.15) is 67.7 Å². The second-order valence-corrected chi connectivity index (χ2v) is 11.0. The van der Waals surface area contributed by atoms with Gasteiger partial charge in [0, 0.05) is 31.7 Å². The molecule has 0 N–H and O–H groups in total. The van der Waals surface area contributed by atoms with E-state index in [1.165, 1.54) is 17.5 Å². The molecule has 0 radical (unpaired) electrons. The monoisotopic (exact) mass is 503 g/mol. The fraction of sp³-hybridized carbons (Fsp3) is 0.533. The first-order valence-electron chi connectivity index (χ1n) is 13.7. The van der Waals surface area contributed by atoms with Crippen molar-refractivity contribution in [1.82, 2.24) is 14.7 Å². The standard InChI is InChI=1S/C30H37N3O4/c1-36-26-17-22-13-15-31-16-14-30(19-25(31)24(22)18-27(26)37-2)28(34)33(23-11-7-4-8-12-23)29(35)32(30)20-21-9-5-3-6-10-21/h3,5-6,9-10,17-18,23,25H,4,7-8,11-16,19-20H2,1-2H3/t25-,30+/m1/s1.